The highest BCUT2D eigenvalue weighted by Gasteiger charge is 2.41. The first-order chi connectivity index (χ1) is 9.71. The van der Waals surface area contributed by atoms with Crippen LogP contribution in [0.5, 0.6) is 0 Å². The summed E-state index contributed by atoms with van der Waals surface area (Å²) in [6.07, 6.45) is 11.7. The Labute approximate surface area is 124 Å². The molecule has 116 valence electrons. The van der Waals surface area contributed by atoms with Crippen molar-refractivity contribution in [3.8, 4) is 0 Å². The predicted octanol–water partition coefficient (Wildman–Crippen LogP) is 2.94. The minimum absolute atomic E-state index is 0.439. The highest BCUT2D eigenvalue weighted by Crippen LogP contribution is 2.34. The number of ether oxygens (including phenoxy) is 1. The topological polar surface area (TPSA) is 24.5 Å². The maximum Gasteiger partial charge on any atom is 0.0706 e. The molecule has 3 aliphatic rings. The van der Waals surface area contributed by atoms with Gasteiger partial charge in [0.25, 0.3) is 0 Å². The van der Waals surface area contributed by atoms with Gasteiger partial charge in [0.05, 0.1) is 12.2 Å². The van der Waals surface area contributed by atoms with Crippen LogP contribution in [0.1, 0.15) is 65.2 Å². The fourth-order valence-corrected chi connectivity index (χ4v) is 4.54. The van der Waals surface area contributed by atoms with Crippen LogP contribution in [0.3, 0.4) is 0 Å². The summed E-state index contributed by atoms with van der Waals surface area (Å²) in [5.41, 5.74) is 0.439. The molecule has 0 aromatic heterocycles. The predicted molar refractivity (Wildman–Crippen MR) is 83.0 cm³/mol. The van der Waals surface area contributed by atoms with Crippen molar-refractivity contribution in [3.05, 3.63) is 0 Å². The Bertz CT molecular complexity index is 314. The number of hydrogen-bond donors (Lipinski definition) is 1. The van der Waals surface area contributed by atoms with Crippen LogP contribution >= 0.6 is 0 Å². The zero-order valence-electron chi connectivity index (χ0n) is 13.4. The van der Waals surface area contributed by atoms with E-state index < -0.39 is 0 Å². The van der Waals surface area contributed by atoms with Gasteiger partial charge in [-0.3, -0.25) is 4.90 Å². The summed E-state index contributed by atoms with van der Waals surface area (Å²) >= 11 is 0. The molecule has 0 aromatic carbocycles. The molecule has 1 aliphatic carbocycles. The minimum atomic E-state index is 0.439. The SMILES string of the molecule is CCCC1CNC2(CCCC2)CN1CC1CCC(C)O1. The molecule has 1 spiro atoms. The number of piperazine rings is 1. The lowest BCUT2D eigenvalue weighted by Crippen LogP contribution is -2.64. The van der Waals surface area contributed by atoms with E-state index in [1.54, 1.807) is 0 Å². The normalized spacial score (nSPS) is 37.8. The standard InChI is InChI=1S/C17H32N2O/c1-3-6-15-11-18-17(9-4-5-10-17)13-19(15)12-16-8-7-14(2)20-16/h14-16,18H,3-13H2,1-2H3. The van der Waals surface area contributed by atoms with Crippen LogP contribution in [0.2, 0.25) is 0 Å². The summed E-state index contributed by atoms with van der Waals surface area (Å²) in [7, 11) is 0. The van der Waals surface area contributed by atoms with Crippen LogP contribution in [-0.2, 0) is 4.74 Å². The number of nitrogens with zero attached hydrogens (tertiary/aromatic N) is 1. The van der Waals surface area contributed by atoms with E-state index in [4.69, 9.17) is 4.74 Å². The Balaban J connectivity index is 1.62. The van der Waals surface area contributed by atoms with Gasteiger partial charge in [-0.1, -0.05) is 26.2 Å². The van der Waals surface area contributed by atoms with E-state index in [-0.39, 0.29) is 0 Å². The van der Waals surface area contributed by atoms with Gasteiger partial charge in [0.15, 0.2) is 0 Å². The van der Waals surface area contributed by atoms with E-state index in [9.17, 15) is 0 Å². The summed E-state index contributed by atoms with van der Waals surface area (Å²) < 4.78 is 6.08. The van der Waals surface area contributed by atoms with Crippen LogP contribution < -0.4 is 5.32 Å². The molecule has 3 fully saturated rings. The highest BCUT2D eigenvalue weighted by molar-refractivity contribution is 5.01. The van der Waals surface area contributed by atoms with E-state index in [1.807, 2.05) is 0 Å². The molecular weight excluding hydrogens is 248 g/mol. The molecule has 20 heavy (non-hydrogen) atoms. The third-order valence-electron chi connectivity index (χ3n) is 5.68. The van der Waals surface area contributed by atoms with E-state index in [1.165, 1.54) is 71.0 Å². The fraction of sp³-hybridized carbons (Fsp3) is 1.00. The molecule has 2 aliphatic heterocycles. The first-order valence-corrected chi connectivity index (χ1v) is 8.85. The van der Waals surface area contributed by atoms with Crippen LogP contribution in [0.4, 0.5) is 0 Å². The second kappa shape index (κ2) is 6.33. The average molecular weight is 280 g/mol. The van der Waals surface area contributed by atoms with Crippen LogP contribution in [0.15, 0.2) is 0 Å². The van der Waals surface area contributed by atoms with Crippen molar-refractivity contribution in [3.63, 3.8) is 0 Å². The maximum atomic E-state index is 6.08. The summed E-state index contributed by atoms with van der Waals surface area (Å²) in [6, 6.07) is 0.728. The molecular formula is C17H32N2O. The van der Waals surface area contributed by atoms with E-state index in [0.717, 1.165) is 6.04 Å². The van der Waals surface area contributed by atoms with Crippen molar-refractivity contribution < 1.29 is 4.74 Å². The highest BCUT2D eigenvalue weighted by atomic mass is 16.5. The Morgan fingerprint density at radius 1 is 1.25 bits per heavy atom. The van der Waals surface area contributed by atoms with Crippen molar-refractivity contribution in [1.29, 1.82) is 0 Å². The van der Waals surface area contributed by atoms with E-state index in [2.05, 4.69) is 24.1 Å². The van der Waals surface area contributed by atoms with Crippen LogP contribution in [0.25, 0.3) is 0 Å². The van der Waals surface area contributed by atoms with Crippen molar-refractivity contribution in [2.24, 2.45) is 0 Å². The first kappa shape index (κ1) is 14.8. The minimum Gasteiger partial charge on any atom is -0.374 e. The van der Waals surface area contributed by atoms with Gasteiger partial charge < -0.3 is 10.1 Å². The molecule has 2 saturated heterocycles. The first-order valence-electron chi connectivity index (χ1n) is 8.85. The number of hydrogen-bond acceptors (Lipinski definition) is 3. The summed E-state index contributed by atoms with van der Waals surface area (Å²) in [5, 5.41) is 3.91. The van der Waals surface area contributed by atoms with Gasteiger partial charge in [-0.05, 0) is 39.0 Å². The van der Waals surface area contributed by atoms with Crippen LogP contribution in [0, 0.1) is 0 Å². The third-order valence-corrected chi connectivity index (χ3v) is 5.68. The monoisotopic (exact) mass is 280 g/mol. The van der Waals surface area contributed by atoms with Gasteiger partial charge in [-0.25, -0.2) is 0 Å². The molecule has 1 saturated carbocycles. The Morgan fingerprint density at radius 3 is 2.70 bits per heavy atom. The van der Waals surface area contributed by atoms with Gasteiger partial charge in [-0.15, -0.1) is 0 Å². The second-order valence-corrected chi connectivity index (χ2v) is 7.39. The van der Waals surface area contributed by atoms with Gasteiger partial charge >= 0.3 is 0 Å². The molecule has 2 heterocycles. The lowest BCUT2D eigenvalue weighted by Gasteiger charge is -2.47. The molecule has 0 bridgehead atoms. The number of nitrogens with one attached hydrogen (secondary N) is 1. The zero-order valence-corrected chi connectivity index (χ0v) is 13.4. The summed E-state index contributed by atoms with van der Waals surface area (Å²) in [6.45, 7) is 8.15. The van der Waals surface area contributed by atoms with Gasteiger partial charge in [0.2, 0.25) is 0 Å². The third kappa shape index (κ3) is 3.20. The largest absolute Gasteiger partial charge is 0.374 e. The molecule has 0 amide bonds. The maximum absolute atomic E-state index is 6.08. The van der Waals surface area contributed by atoms with Crippen molar-refractivity contribution in [2.45, 2.75) is 89.0 Å². The average Bonchev–Trinajstić information content (AvgIpc) is 3.04. The number of rotatable bonds is 4. The molecule has 1 N–H and O–H groups in total. The lowest BCUT2D eigenvalue weighted by molar-refractivity contribution is -0.00291. The molecule has 3 heteroatoms. The molecule has 0 aromatic rings. The van der Waals surface area contributed by atoms with E-state index >= 15 is 0 Å². The Morgan fingerprint density at radius 2 is 2.05 bits per heavy atom. The zero-order chi connectivity index (χ0) is 14.0. The van der Waals surface area contributed by atoms with Gasteiger partial charge in [0, 0.05) is 31.2 Å². The van der Waals surface area contributed by atoms with Crippen molar-refractivity contribution in [1.82, 2.24) is 10.2 Å². The molecule has 0 radical (unpaired) electrons. The molecule has 3 nitrogen and oxygen atoms in total. The van der Waals surface area contributed by atoms with E-state index in [0.29, 0.717) is 17.7 Å². The molecule has 3 atom stereocenters. The smallest absolute Gasteiger partial charge is 0.0706 e. The lowest BCUT2D eigenvalue weighted by atomic mass is 9.91. The Hall–Kier alpha value is -0.120. The fourth-order valence-electron chi connectivity index (χ4n) is 4.54. The second-order valence-electron chi connectivity index (χ2n) is 7.39. The van der Waals surface area contributed by atoms with Crippen LogP contribution in [-0.4, -0.2) is 48.3 Å². The summed E-state index contributed by atoms with van der Waals surface area (Å²) in [5.74, 6) is 0. The Kier molecular flexibility index (Phi) is 4.68. The van der Waals surface area contributed by atoms with Crippen molar-refractivity contribution in [2.75, 3.05) is 19.6 Å². The van der Waals surface area contributed by atoms with Crippen molar-refractivity contribution >= 4 is 0 Å². The van der Waals surface area contributed by atoms with Gasteiger partial charge in [-0.2, -0.15) is 0 Å². The molecule has 3 unspecified atom stereocenters. The van der Waals surface area contributed by atoms with Gasteiger partial charge in [0.1, 0.15) is 0 Å². The molecule has 3 rings (SSSR count). The quantitative estimate of drug-likeness (QED) is 0.857. The summed E-state index contributed by atoms with van der Waals surface area (Å²) in [4.78, 5) is 2.77.